The molecule has 184 valence electrons. The Labute approximate surface area is 211 Å². The zero-order valence-electron chi connectivity index (χ0n) is 20.8. The number of hydrogen-bond donors (Lipinski definition) is 0. The van der Waals surface area contributed by atoms with E-state index in [9.17, 15) is 9.18 Å². The number of fused-ring (bicyclic) bond motifs is 3. The van der Waals surface area contributed by atoms with Crippen LogP contribution in [0.4, 0.5) is 4.39 Å². The van der Waals surface area contributed by atoms with Crippen molar-refractivity contribution < 1.29 is 9.18 Å². The van der Waals surface area contributed by atoms with E-state index in [1.54, 1.807) is 18.2 Å². The molecule has 0 saturated carbocycles. The molecule has 1 amide bonds. The maximum atomic E-state index is 14.3. The number of aromatic nitrogens is 2. The van der Waals surface area contributed by atoms with Crippen LogP contribution in [0, 0.1) is 5.82 Å². The number of piperazine rings is 1. The quantitative estimate of drug-likeness (QED) is 0.364. The maximum absolute atomic E-state index is 14.3. The molecule has 36 heavy (non-hydrogen) atoms. The van der Waals surface area contributed by atoms with E-state index < -0.39 is 5.82 Å². The van der Waals surface area contributed by atoms with E-state index in [0.717, 1.165) is 36.3 Å². The molecule has 0 aliphatic carbocycles. The Morgan fingerprint density at radius 1 is 0.972 bits per heavy atom. The minimum absolute atomic E-state index is 0.166. The van der Waals surface area contributed by atoms with Gasteiger partial charge in [-0.1, -0.05) is 56.3 Å². The molecule has 0 N–H and O–H groups in total. The van der Waals surface area contributed by atoms with Gasteiger partial charge in [-0.3, -0.25) is 9.69 Å². The zero-order valence-corrected chi connectivity index (χ0v) is 20.8. The molecule has 4 aromatic rings. The van der Waals surface area contributed by atoms with Crippen molar-refractivity contribution in [1.29, 1.82) is 0 Å². The number of rotatable bonds is 5. The summed E-state index contributed by atoms with van der Waals surface area (Å²) in [5.74, 6) is -0.167. The molecule has 2 saturated heterocycles. The van der Waals surface area contributed by atoms with Crippen molar-refractivity contribution in [2.45, 2.75) is 51.2 Å². The fourth-order valence-corrected chi connectivity index (χ4v) is 5.85. The fraction of sp³-hybridized carbons (Fsp3) is 0.333. The van der Waals surface area contributed by atoms with Crippen LogP contribution in [0.5, 0.6) is 0 Å². The molecule has 5 nitrogen and oxygen atoms in total. The van der Waals surface area contributed by atoms with Crippen molar-refractivity contribution in [1.82, 2.24) is 19.2 Å². The van der Waals surface area contributed by atoms with Crippen LogP contribution in [0.25, 0.3) is 16.9 Å². The van der Waals surface area contributed by atoms with Crippen LogP contribution in [0.1, 0.15) is 54.2 Å². The lowest BCUT2D eigenvalue weighted by atomic mass is 10.00. The van der Waals surface area contributed by atoms with Gasteiger partial charge in [0.25, 0.3) is 5.91 Å². The number of benzene rings is 2. The maximum Gasteiger partial charge on any atom is 0.256 e. The van der Waals surface area contributed by atoms with Gasteiger partial charge in [0, 0.05) is 43.5 Å². The van der Waals surface area contributed by atoms with Crippen LogP contribution in [0.15, 0.2) is 72.9 Å². The minimum Gasteiger partial charge on any atom is -0.335 e. The average molecular weight is 483 g/mol. The largest absolute Gasteiger partial charge is 0.335 e. The minimum atomic E-state index is -0.448. The summed E-state index contributed by atoms with van der Waals surface area (Å²) in [4.78, 5) is 22.5. The summed E-state index contributed by atoms with van der Waals surface area (Å²) < 4.78 is 16.5. The van der Waals surface area contributed by atoms with Gasteiger partial charge in [0.1, 0.15) is 11.5 Å². The van der Waals surface area contributed by atoms with E-state index in [1.807, 2.05) is 17.0 Å². The molecule has 0 radical (unpaired) electrons. The van der Waals surface area contributed by atoms with Gasteiger partial charge >= 0.3 is 0 Å². The molecular formula is C30H31FN4O. The normalized spacial score (nSPS) is 19.9. The molecule has 6 heteroatoms. The first-order valence-electron chi connectivity index (χ1n) is 12.9. The third-order valence-corrected chi connectivity index (χ3v) is 7.84. The number of nitrogens with zero attached hydrogens (tertiary/aromatic N) is 4. The van der Waals surface area contributed by atoms with E-state index in [2.05, 4.69) is 59.7 Å². The van der Waals surface area contributed by atoms with E-state index in [-0.39, 0.29) is 23.6 Å². The number of carbonyl (C=O) groups is 1. The van der Waals surface area contributed by atoms with Gasteiger partial charge in [0.2, 0.25) is 0 Å². The lowest BCUT2D eigenvalue weighted by Gasteiger charge is -2.41. The summed E-state index contributed by atoms with van der Waals surface area (Å²) in [5.41, 5.74) is 5.74. The number of likely N-dealkylation sites (tertiary alicyclic amines) is 1. The fourth-order valence-electron chi connectivity index (χ4n) is 5.85. The summed E-state index contributed by atoms with van der Waals surface area (Å²) in [6.07, 6.45) is 4.17. The van der Waals surface area contributed by atoms with Crippen molar-refractivity contribution in [3.63, 3.8) is 0 Å². The summed E-state index contributed by atoms with van der Waals surface area (Å²) in [6.45, 7) is 6.43. The van der Waals surface area contributed by atoms with E-state index in [4.69, 9.17) is 4.98 Å². The van der Waals surface area contributed by atoms with Crippen molar-refractivity contribution in [2.24, 2.45) is 0 Å². The highest BCUT2D eigenvalue weighted by Gasteiger charge is 2.42. The summed E-state index contributed by atoms with van der Waals surface area (Å²) >= 11 is 0. The van der Waals surface area contributed by atoms with E-state index >= 15 is 0 Å². The number of carbonyl (C=O) groups excluding carboxylic acids is 1. The second-order valence-electron chi connectivity index (χ2n) is 10.4. The Morgan fingerprint density at radius 3 is 2.36 bits per heavy atom. The molecule has 2 aromatic heterocycles. The molecule has 2 atom stereocenters. The molecule has 0 spiro atoms. The topological polar surface area (TPSA) is 40.9 Å². The van der Waals surface area contributed by atoms with E-state index in [1.165, 1.54) is 17.3 Å². The lowest BCUT2D eigenvalue weighted by molar-refractivity contribution is 0.0416. The Balaban J connectivity index is 1.29. The Morgan fingerprint density at radius 2 is 1.67 bits per heavy atom. The van der Waals surface area contributed by atoms with Gasteiger partial charge in [-0.05, 0) is 48.6 Å². The molecule has 2 fully saturated rings. The van der Waals surface area contributed by atoms with Crippen molar-refractivity contribution in [3.05, 3.63) is 95.6 Å². The average Bonchev–Trinajstić information content (AvgIpc) is 3.36. The first-order chi connectivity index (χ1) is 17.5. The molecule has 4 heterocycles. The monoisotopic (exact) mass is 482 g/mol. The first-order valence-corrected chi connectivity index (χ1v) is 12.9. The van der Waals surface area contributed by atoms with Crippen LogP contribution in [-0.4, -0.2) is 50.3 Å². The summed E-state index contributed by atoms with van der Waals surface area (Å²) in [5, 5.41) is 0. The number of pyridine rings is 1. The predicted molar refractivity (Wildman–Crippen MR) is 139 cm³/mol. The predicted octanol–water partition coefficient (Wildman–Crippen LogP) is 5.75. The third-order valence-electron chi connectivity index (χ3n) is 7.84. The molecule has 2 aliphatic heterocycles. The van der Waals surface area contributed by atoms with Gasteiger partial charge < -0.3 is 9.30 Å². The molecule has 2 unspecified atom stereocenters. The summed E-state index contributed by atoms with van der Waals surface area (Å²) in [6, 6.07) is 21.7. The first kappa shape index (κ1) is 22.9. The van der Waals surface area contributed by atoms with Crippen LogP contribution in [0.3, 0.4) is 0 Å². The second-order valence-corrected chi connectivity index (χ2v) is 10.4. The van der Waals surface area contributed by atoms with Crippen LogP contribution >= 0.6 is 0 Å². The highest BCUT2D eigenvalue weighted by molar-refractivity contribution is 5.94. The number of imidazole rings is 1. The summed E-state index contributed by atoms with van der Waals surface area (Å²) in [7, 11) is 0. The number of hydrogen-bond acceptors (Lipinski definition) is 3. The Bertz CT molecular complexity index is 1400. The SMILES string of the molecule is CC(C)c1ccc(-c2nc3ccccn3c2CN2C3CCC2CN(C(=O)c2ccccc2F)C3)cc1. The third kappa shape index (κ3) is 3.99. The standard InChI is InChI=1S/C30H31FN4O/c1-20(2)21-10-12-22(13-11-21)29-27(34-16-6-5-9-28(34)32-29)19-35-23-14-15-24(35)18-33(17-23)30(36)25-7-3-4-8-26(25)31/h3-13,16,20,23-24H,14-15,17-19H2,1-2H3. The van der Waals surface area contributed by atoms with Gasteiger partial charge in [-0.25, -0.2) is 9.37 Å². The van der Waals surface area contributed by atoms with E-state index in [0.29, 0.717) is 19.0 Å². The molecule has 2 aliphatic rings. The Hall–Kier alpha value is -3.51. The van der Waals surface area contributed by atoms with Crippen molar-refractivity contribution in [3.8, 4) is 11.3 Å². The molecular weight excluding hydrogens is 451 g/mol. The molecule has 2 aromatic carbocycles. The molecule has 2 bridgehead atoms. The Kier molecular flexibility index (Phi) is 5.84. The number of amides is 1. The van der Waals surface area contributed by atoms with Crippen LogP contribution in [0.2, 0.25) is 0 Å². The smallest absolute Gasteiger partial charge is 0.256 e. The molecule has 6 rings (SSSR count). The van der Waals surface area contributed by atoms with Crippen molar-refractivity contribution >= 4 is 11.6 Å². The van der Waals surface area contributed by atoms with Gasteiger partial charge in [0.05, 0.1) is 17.0 Å². The lowest BCUT2D eigenvalue weighted by Crippen LogP contribution is -2.55. The second kappa shape index (κ2) is 9.17. The van der Waals surface area contributed by atoms with Crippen LogP contribution < -0.4 is 0 Å². The van der Waals surface area contributed by atoms with Crippen LogP contribution in [-0.2, 0) is 6.54 Å². The van der Waals surface area contributed by atoms with Gasteiger partial charge in [0.15, 0.2) is 0 Å². The highest BCUT2D eigenvalue weighted by Crippen LogP contribution is 2.35. The highest BCUT2D eigenvalue weighted by atomic mass is 19.1. The number of halogens is 1. The zero-order chi connectivity index (χ0) is 24.8. The van der Waals surface area contributed by atoms with Gasteiger partial charge in [-0.2, -0.15) is 0 Å². The van der Waals surface area contributed by atoms with Crippen molar-refractivity contribution in [2.75, 3.05) is 13.1 Å². The van der Waals surface area contributed by atoms with Gasteiger partial charge in [-0.15, -0.1) is 0 Å².